The van der Waals surface area contributed by atoms with E-state index in [-0.39, 0.29) is 11.4 Å². The summed E-state index contributed by atoms with van der Waals surface area (Å²) >= 11 is 5.30. The van der Waals surface area contributed by atoms with Crippen molar-refractivity contribution in [2.45, 2.75) is 18.7 Å². The van der Waals surface area contributed by atoms with Crippen molar-refractivity contribution >= 4 is 39.4 Å². The van der Waals surface area contributed by atoms with Crippen LogP contribution in [0.4, 0.5) is 10.5 Å². The zero-order valence-corrected chi connectivity index (χ0v) is 16.7. The number of amides is 2. The van der Waals surface area contributed by atoms with Gasteiger partial charge in [-0.3, -0.25) is 0 Å². The van der Waals surface area contributed by atoms with Crippen molar-refractivity contribution in [1.82, 2.24) is 4.90 Å². The van der Waals surface area contributed by atoms with Crippen LogP contribution in [0.25, 0.3) is 0 Å². The van der Waals surface area contributed by atoms with Crippen LogP contribution in [0.3, 0.4) is 0 Å². The third-order valence-electron chi connectivity index (χ3n) is 4.23. The molecule has 1 unspecified atom stereocenters. The van der Waals surface area contributed by atoms with Crippen LogP contribution in [0, 0.1) is 0 Å². The van der Waals surface area contributed by atoms with Gasteiger partial charge in [-0.15, -0.1) is 11.8 Å². The first kappa shape index (κ1) is 18.1. The number of aryl methyl sites for hydroxylation is 1. The number of benzene rings is 2. The van der Waals surface area contributed by atoms with E-state index in [0.29, 0.717) is 0 Å². The maximum Gasteiger partial charge on any atom is 0.323 e. The number of ether oxygens (including phenoxy) is 1. The molecule has 1 saturated heterocycles. The van der Waals surface area contributed by atoms with Gasteiger partial charge in [0.1, 0.15) is 11.1 Å². The van der Waals surface area contributed by atoms with Crippen molar-refractivity contribution in [3.05, 3.63) is 58.1 Å². The molecule has 2 aromatic rings. The molecule has 25 heavy (non-hydrogen) atoms. The van der Waals surface area contributed by atoms with E-state index in [1.807, 2.05) is 47.4 Å². The fourth-order valence-electron chi connectivity index (χ4n) is 2.81. The molecule has 0 radical (unpaired) electrons. The lowest BCUT2D eigenvalue weighted by Gasteiger charge is -2.25. The standard InChI is InChI=1S/C19H21BrN2O2S/c1-3-13-4-7-15(8-5-13)21-19(23)22-10-11-25-18(22)14-6-9-17(24-2)16(20)12-14/h4-9,12,18H,3,10-11H2,1-2H3,(H,21,23). The number of methoxy groups -OCH3 is 1. The number of carbonyl (C=O) groups excluding carboxylic acids is 1. The normalized spacial score (nSPS) is 16.8. The van der Waals surface area contributed by atoms with Gasteiger partial charge >= 0.3 is 6.03 Å². The van der Waals surface area contributed by atoms with Crippen molar-refractivity contribution in [2.75, 3.05) is 24.7 Å². The Hall–Kier alpha value is -1.66. The second kappa shape index (κ2) is 8.15. The lowest BCUT2D eigenvalue weighted by Crippen LogP contribution is -2.34. The third kappa shape index (κ3) is 4.12. The number of nitrogens with one attached hydrogen (secondary N) is 1. The summed E-state index contributed by atoms with van der Waals surface area (Å²) in [7, 11) is 1.65. The van der Waals surface area contributed by atoms with Gasteiger partial charge in [0.25, 0.3) is 0 Å². The highest BCUT2D eigenvalue weighted by Crippen LogP contribution is 2.40. The Labute approximate surface area is 161 Å². The number of nitrogens with zero attached hydrogens (tertiary/aromatic N) is 1. The summed E-state index contributed by atoms with van der Waals surface area (Å²) in [6.07, 6.45) is 0.991. The van der Waals surface area contributed by atoms with Crippen LogP contribution in [0.15, 0.2) is 46.9 Å². The molecule has 0 saturated carbocycles. The van der Waals surface area contributed by atoms with Crippen molar-refractivity contribution in [1.29, 1.82) is 0 Å². The Bertz CT molecular complexity index is 752. The highest BCUT2D eigenvalue weighted by Gasteiger charge is 2.31. The molecule has 3 rings (SSSR count). The molecule has 1 atom stereocenters. The van der Waals surface area contributed by atoms with Crippen LogP contribution in [-0.4, -0.2) is 30.3 Å². The number of hydrogen-bond acceptors (Lipinski definition) is 3. The molecule has 0 bridgehead atoms. The molecular weight excluding hydrogens is 400 g/mol. The van der Waals surface area contributed by atoms with Crippen molar-refractivity contribution in [3.8, 4) is 5.75 Å². The molecular formula is C19H21BrN2O2S. The van der Waals surface area contributed by atoms with Gasteiger partial charge in [0.2, 0.25) is 0 Å². The molecule has 0 spiro atoms. The predicted molar refractivity (Wildman–Crippen MR) is 107 cm³/mol. The minimum absolute atomic E-state index is 0.0112. The second-order valence-electron chi connectivity index (χ2n) is 5.79. The van der Waals surface area contributed by atoms with E-state index >= 15 is 0 Å². The van der Waals surface area contributed by atoms with E-state index < -0.39 is 0 Å². The van der Waals surface area contributed by atoms with Gasteiger partial charge in [0.15, 0.2) is 0 Å². The summed E-state index contributed by atoms with van der Waals surface area (Å²) in [5.41, 5.74) is 3.18. The fraction of sp³-hybridized carbons (Fsp3) is 0.316. The van der Waals surface area contributed by atoms with Gasteiger partial charge in [0, 0.05) is 18.0 Å². The second-order valence-corrected chi connectivity index (χ2v) is 7.83. The molecule has 1 heterocycles. The number of halogens is 1. The first-order valence-electron chi connectivity index (χ1n) is 8.24. The Balaban J connectivity index is 1.73. The minimum Gasteiger partial charge on any atom is -0.496 e. The summed E-state index contributed by atoms with van der Waals surface area (Å²) < 4.78 is 6.19. The number of thioether (sulfide) groups is 1. The van der Waals surface area contributed by atoms with E-state index in [9.17, 15) is 4.79 Å². The quantitative estimate of drug-likeness (QED) is 0.729. The Morgan fingerprint density at radius 3 is 2.72 bits per heavy atom. The molecule has 4 nitrogen and oxygen atoms in total. The smallest absolute Gasteiger partial charge is 0.323 e. The van der Waals surface area contributed by atoms with Crippen LogP contribution < -0.4 is 10.1 Å². The van der Waals surface area contributed by atoms with Gasteiger partial charge in [-0.25, -0.2) is 4.79 Å². The van der Waals surface area contributed by atoms with Gasteiger partial charge < -0.3 is 15.0 Å². The number of urea groups is 1. The molecule has 0 aliphatic carbocycles. The minimum atomic E-state index is -0.0637. The van der Waals surface area contributed by atoms with E-state index in [4.69, 9.17) is 4.74 Å². The van der Waals surface area contributed by atoms with Crippen LogP contribution in [0.2, 0.25) is 0 Å². The largest absolute Gasteiger partial charge is 0.496 e. The van der Waals surface area contributed by atoms with Crippen LogP contribution >= 0.6 is 27.7 Å². The lowest BCUT2D eigenvalue weighted by molar-refractivity contribution is 0.214. The summed E-state index contributed by atoms with van der Waals surface area (Å²) in [5.74, 6) is 1.72. The van der Waals surface area contributed by atoms with Gasteiger partial charge in [-0.2, -0.15) is 0 Å². The van der Waals surface area contributed by atoms with E-state index in [1.165, 1.54) is 5.56 Å². The molecule has 2 amide bonds. The Morgan fingerprint density at radius 2 is 2.08 bits per heavy atom. The summed E-state index contributed by atoms with van der Waals surface area (Å²) in [6, 6.07) is 13.9. The van der Waals surface area contributed by atoms with Gasteiger partial charge in [-0.1, -0.05) is 25.1 Å². The number of rotatable bonds is 4. The predicted octanol–water partition coefficient (Wildman–Crippen LogP) is 5.30. The topological polar surface area (TPSA) is 41.6 Å². The molecule has 1 fully saturated rings. The molecule has 6 heteroatoms. The van der Waals surface area contributed by atoms with Crippen LogP contribution in [0.5, 0.6) is 5.75 Å². The molecule has 2 aromatic carbocycles. The van der Waals surface area contributed by atoms with Crippen molar-refractivity contribution in [3.63, 3.8) is 0 Å². The van der Waals surface area contributed by atoms with Crippen molar-refractivity contribution < 1.29 is 9.53 Å². The maximum absolute atomic E-state index is 12.7. The summed E-state index contributed by atoms with van der Waals surface area (Å²) in [6.45, 7) is 2.85. The van der Waals surface area contributed by atoms with Gasteiger partial charge in [0.05, 0.1) is 11.6 Å². The third-order valence-corrected chi connectivity index (χ3v) is 6.11. The zero-order chi connectivity index (χ0) is 17.8. The van der Waals surface area contributed by atoms with Crippen molar-refractivity contribution in [2.24, 2.45) is 0 Å². The average Bonchev–Trinajstić information content (AvgIpc) is 3.12. The monoisotopic (exact) mass is 420 g/mol. The average molecular weight is 421 g/mol. The SMILES string of the molecule is CCc1ccc(NC(=O)N2CCSC2c2ccc(OC)c(Br)c2)cc1. The first-order chi connectivity index (χ1) is 12.1. The highest BCUT2D eigenvalue weighted by molar-refractivity contribution is 9.10. The molecule has 1 aliphatic heterocycles. The van der Waals surface area contributed by atoms with E-state index in [0.717, 1.165) is 40.2 Å². The zero-order valence-electron chi connectivity index (χ0n) is 14.3. The molecule has 1 aliphatic rings. The highest BCUT2D eigenvalue weighted by atomic mass is 79.9. The Kier molecular flexibility index (Phi) is 5.91. The summed E-state index contributed by atoms with van der Waals surface area (Å²) in [5, 5.41) is 3.02. The molecule has 1 N–H and O–H groups in total. The number of anilines is 1. The fourth-order valence-corrected chi connectivity index (χ4v) is 4.61. The summed E-state index contributed by atoms with van der Waals surface area (Å²) in [4.78, 5) is 14.6. The number of carbonyl (C=O) groups is 1. The molecule has 0 aromatic heterocycles. The number of hydrogen-bond donors (Lipinski definition) is 1. The Morgan fingerprint density at radius 1 is 1.32 bits per heavy atom. The van der Waals surface area contributed by atoms with Crippen LogP contribution in [-0.2, 0) is 6.42 Å². The first-order valence-corrected chi connectivity index (χ1v) is 10.1. The van der Waals surface area contributed by atoms with E-state index in [2.05, 4.69) is 28.2 Å². The van der Waals surface area contributed by atoms with E-state index in [1.54, 1.807) is 18.9 Å². The maximum atomic E-state index is 12.7. The van der Waals surface area contributed by atoms with Crippen LogP contribution in [0.1, 0.15) is 23.4 Å². The molecule has 132 valence electrons. The lowest BCUT2D eigenvalue weighted by atomic mass is 10.1. The van der Waals surface area contributed by atoms with Gasteiger partial charge in [-0.05, 0) is 57.7 Å².